The summed E-state index contributed by atoms with van der Waals surface area (Å²) in [6, 6.07) is 2.69. The van der Waals surface area contributed by atoms with Crippen molar-refractivity contribution in [3.05, 3.63) is 35.1 Å². The first-order valence-electron chi connectivity index (χ1n) is 6.22. The van der Waals surface area contributed by atoms with Crippen molar-refractivity contribution in [1.82, 2.24) is 14.9 Å². The smallest absolute Gasteiger partial charge is 0.0646 e. The fraction of sp³-hybridized carbons (Fsp3) is 0.357. The molecular formula is C14H17N3S. The van der Waals surface area contributed by atoms with Crippen molar-refractivity contribution in [1.29, 1.82) is 0 Å². The maximum Gasteiger partial charge on any atom is 0.0646 e. The normalized spacial score (nSPS) is 19.4. The van der Waals surface area contributed by atoms with Crippen LogP contribution in [0.15, 0.2) is 29.6 Å². The molecule has 1 aliphatic rings. The second-order valence-electron chi connectivity index (χ2n) is 4.89. The molecule has 1 N–H and O–H groups in total. The Labute approximate surface area is 111 Å². The van der Waals surface area contributed by atoms with Crippen LogP contribution >= 0.6 is 11.8 Å². The average molecular weight is 259 g/mol. The number of hydrogen-bond donors (Lipinski definition) is 1. The van der Waals surface area contributed by atoms with Crippen molar-refractivity contribution in [3.63, 3.8) is 0 Å². The number of hydrogen-bond acceptors (Lipinski definition) is 3. The van der Waals surface area contributed by atoms with E-state index in [0.29, 0.717) is 6.04 Å². The Kier molecular flexibility index (Phi) is 3.14. The number of nitrogens with one attached hydrogen (secondary N) is 1. The highest BCUT2D eigenvalue weighted by atomic mass is 32.2. The van der Waals surface area contributed by atoms with Crippen LogP contribution in [0.1, 0.15) is 19.4 Å². The van der Waals surface area contributed by atoms with Crippen LogP contribution < -0.4 is 0 Å². The van der Waals surface area contributed by atoms with E-state index in [1.165, 1.54) is 15.9 Å². The van der Waals surface area contributed by atoms with E-state index >= 15 is 0 Å². The third-order valence-corrected chi connectivity index (χ3v) is 4.42. The van der Waals surface area contributed by atoms with Crippen LogP contribution in [0.3, 0.4) is 0 Å². The quantitative estimate of drug-likeness (QED) is 0.898. The zero-order valence-electron chi connectivity index (χ0n) is 10.7. The molecule has 2 aromatic rings. The Hall–Kier alpha value is -1.26. The Bertz CT molecular complexity index is 585. The van der Waals surface area contributed by atoms with Gasteiger partial charge in [0.25, 0.3) is 0 Å². The van der Waals surface area contributed by atoms with E-state index < -0.39 is 0 Å². The van der Waals surface area contributed by atoms with E-state index in [1.54, 1.807) is 0 Å². The minimum absolute atomic E-state index is 0.621. The zero-order valence-corrected chi connectivity index (χ0v) is 11.5. The fourth-order valence-corrected chi connectivity index (χ4v) is 3.35. The van der Waals surface area contributed by atoms with Gasteiger partial charge < -0.3 is 4.98 Å². The number of pyridine rings is 1. The number of aromatic nitrogens is 2. The monoisotopic (exact) mass is 259 g/mol. The molecule has 0 spiro atoms. The van der Waals surface area contributed by atoms with Gasteiger partial charge in [0.1, 0.15) is 0 Å². The van der Waals surface area contributed by atoms with Gasteiger partial charge >= 0.3 is 0 Å². The molecule has 18 heavy (non-hydrogen) atoms. The van der Waals surface area contributed by atoms with Crippen LogP contribution in [0.2, 0.25) is 0 Å². The molecule has 3 rings (SSSR count). The molecule has 0 aromatic carbocycles. The summed E-state index contributed by atoms with van der Waals surface area (Å²) in [5.74, 6) is 1.10. The number of fused-ring (bicyclic) bond motifs is 1. The molecule has 2 aromatic heterocycles. The predicted octanol–water partition coefficient (Wildman–Crippen LogP) is 3.32. The lowest BCUT2D eigenvalue weighted by molar-refractivity contribution is 0.298. The number of H-pyrrole nitrogens is 1. The SMILES string of the molecule is CC(C)N1CS/C(=C\c2c[nH]c3cnccc23)C1. The molecule has 0 unspecified atom stereocenters. The highest BCUT2D eigenvalue weighted by Crippen LogP contribution is 2.31. The average Bonchev–Trinajstić information content (AvgIpc) is 2.98. The van der Waals surface area contributed by atoms with Crippen LogP contribution in [-0.2, 0) is 0 Å². The molecule has 0 amide bonds. The van der Waals surface area contributed by atoms with E-state index in [9.17, 15) is 0 Å². The van der Waals surface area contributed by atoms with Gasteiger partial charge in [0.15, 0.2) is 0 Å². The Morgan fingerprint density at radius 3 is 3.17 bits per heavy atom. The number of thioether (sulfide) groups is 1. The Balaban J connectivity index is 1.88. The second kappa shape index (κ2) is 4.78. The van der Waals surface area contributed by atoms with E-state index in [0.717, 1.165) is 17.9 Å². The Morgan fingerprint density at radius 2 is 2.39 bits per heavy atom. The fourth-order valence-electron chi connectivity index (χ4n) is 2.16. The van der Waals surface area contributed by atoms with Crippen LogP contribution in [0.5, 0.6) is 0 Å². The van der Waals surface area contributed by atoms with Crippen molar-refractivity contribution >= 4 is 28.7 Å². The Morgan fingerprint density at radius 1 is 1.50 bits per heavy atom. The summed E-state index contributed by atoms with van der Waals surface area (Å²) >= 11 is 1.94. The van der Waals surface area contributed by atoms with Gasteiger partial charge in [-0.25, -0.2) is 0 Å². The van der Waals surface area contributed by atoms with Gasteiger partial charge in [0.05, 0.1) is 11.7 Å². The van der Waals surface area contributed by atoms with E-state index in [1.807, 2.05) is 24.2 Å². The summed E-state index contributed by atoms with van der Waals surface area (Å²) in [6.07, 6.45) is 8.09. The van der Waals surface area contributed by atoms with Gasteiger partial charge in [0, 0.05) is 46.7 Å². The molecule has 1 aliphatic heterocycles. The topological polar surface area (TPSA) is 31.9 Å². The van der Waals surface area contributed by atoms with Crippen molar-refractivity contribution in [2.75, 3.05) is 12.4 Å². The summed E-state index contributed by atoms with van der Waals surface area (Å²) in [5, 5.41) is 1.25. The molecule has 0 atom stereocenters. The van der Waals surface area contributed by atoms with Crippen molar-refractivity contribution in [2.45, 2.75) is 19.9 Å². The van der Waals surface area contributed by atoms with E-state index in [4.69, 9.17) is 0 Å². The van der Waals surface area contributed by atoms with Crippen LogP contribution in [0.25, 0.3) is 17.0 Å². The van der Waals surface area contributed by atoms with Crippen molar-refractivity contribution < 1.29 is 0 Å². The summed E-state index contributed by atoms with van der Waals surface area (Å²) in [6.45, 7) is 5.57. The first-order chi connectivity index (χ1) is 8.74. The van der Waals surface area contributed by atoms with Gasteiger partial charge in [-0.15, -0.1) is 11.8 Å². The molecule has 4 heteroatoms. The lowest BCUT2D eigenvalue weighted by atomic mass is 10.2. The predicted molar refractivity (Wildman–Crippen MR) is 78.4 cm³/mol. The third-order valence-electron chi connectivity index (χ3n) is 3.34. The summed E-state index contributed by atoms with van der Waals surface area (Å²) in [7, 11) is 0. The minimum Gasteiger partial charge on any atom is -0.359 e. The van der Waals surface area contributed by atoms with Crippen molar-refractivity contribution in [2.24, 2.45) is 0 Å². The summed E-state index contributed by atoms with van der Waals surface area (Å²) in [4.78, 5) is 11.3. The standard InChI is InChI=1S/C14H17N3S/c1-10(2)17-8-12(18-9-17)5-11-6-16-14-7-15-4-3-13(11)14/h3-7,10,16H,8-9H2,1-2H3/b12-5-. The molecule has 1 saturated heterocycles. The van der Waals surface area contributed by atoms with Gasteiger partial charge in [0.2, 0.25) is 0 Å². The zero-order chi connectivity index (χ0) is 12.5. The molecule has 1 fully saturated rings. The van der Waals surface area contributed by atoms with Gasteiger partial charge in [-0.1, -0.05) is 0 Å². The number of nitrogens with zero attached hydrogens (tertiary/aromatic N) is 2. The van der Waals surface area contributed by atoms with Crippen LogP contribution in [0.4, 0.5) is 0 Å². The van der Waals surface area contributed by atoms with Crippen LogP contribution in [-0.4, -0.2) is 33.3 Å². The summed E-state index contributed by atoms with van der Waals surface area (Å²) < 4.78 is 0. The van der Waals surface area contributed by atoms with Gasteiger partial charge in [-0.2, -0.15) is 0 Å². The highest BCUT2D eigenvalue weighted by Gasteiger charge is 2.19. The number of rotatable bonds is 2. The maximum atomic E-state index is 4.13. The first kappa shape index (κ1) is 11.8. The van der Waals surface area contributed by atoms with E-state index in [2.05, 4.69) is 47.1 Å². The second-order valence-corrected chi connectivity index (χ2v) is 5.96. The van der Waals surface area contributed by atoms with Crippen molar-refractivity contribution in [3.8, 4) is 0 Å². The minimum atomic E-state index is 0.621. The molecule has 0 radical (unpaired) electrons. The molecule has 94 valence electrons. The van der Waals surface area contributed by atoms with Gasteiger partial charge in [-0.05, 0) is 26.0 Å². The molecule has 3 heterocycles. The van der Waals surface area contributed by atoms with Crippen LogP contribution in [0, 0.1) is 0 Å². The lowest BCUT2D eigenvalue weighted by Crippen LogP contribution is -2.26. The van der Waals surface area contributed by atoms with E-state index in [-0.39, 0.29) is 0 Å². The van der Waals surface area contributed by atoms with Gasteiger partial charge in [-0.3, -0.25) is 9.88 Å². The highest BCUT2D eigenvalue weighted by molar-refractivity contribution is 8.03. The largest absolute Gasteiger partial charge is 0.359 e. The summed E-state index contributed by atoms with van der Waals surface area (Å²) in [5.41, 5.74) is 2.37. The third kappa shape index (κ3) is 2.18. The first-order valence-corrected chi connectivity index (χ1v) is 7.21. The molecule has 0 saturated carbocycles. The molecule has 3 nitrogen and oxygen atoms in total. The molecule has 0 aliphatic carbocycles. The number of aromatic amines is 1. The molecular weight excluding hydrogens is 242 g/mol. The molecule has 0 bridgehead atoms. The maximum absolute atomic E-state index is 4.13. The lowest BCUT2D eigenvalue weighted by Gasteiger charge is -2.17.